The van der Waals surface area contributed by atoms with Crippen LogP contribution in [0.5, 0.6) is 0 Å². The molecule has 0 aromatic heterocycles. The SMILES string of the molecule is CCCCCCCCCCC(CCC)OC(=O)CCCCCCC. The first-order chi connectivity index (χ1) is 11.7. The summed E-state index contributed by atoms with van der Waals surface area (Å²) in [6, 6.07) is 0. The molecule has 0 aliphatic heterocycles. The van der Waals surface area contributed by atoms with Crippen molar-refractivity contribution in [3.63, 3.8) is 0 Å². The molecular formula is C22H44O2. The lowest BCUT2D eigenvalue weighted by molar-refractivity contribution is -0.150. The summed E-state index contributed by atoms with van der Waals surface area (Å²) in [6.45, 7) is 6.66. The Labute approximate surface area is 152 Å². The number of hydrogen-bond donors (Lipinski definition) is 0. The molecule has 0 N–H and O–H groups in total. The Hall–Kier alpha value is -0.530. The third-order valence-electron chi connectivity index (χ3n) is 4.77. The molecule has 0 radical (unpaired) electrons. The molecule has 2 nitrogen and oxygen atoms in total. The summed E-state index contributed by atoms with van der Waals surface area (Å²) < 4.78 is 5.72. The molecule has 0 aromatic carbocycles. The molecule has 0 heterocycles. The van der Waals surface area contributed by atoms with E-state index < -0.39 is 0 Å². The summed E-state index contributed by atoms with van der Waals surface area (Å²) in [7, 11) is 0. The maximum absolute atomic E-state index is 12.0. The van der Waals surface area contributed by atoms with Gasteiger partial charge < -0.3 is 4.74 Å². The molecule has 0 amide bonds. The highest BCUT2D eigenvalue weighted by molar-refractivity contribution is 5.69. The summed E-state index contributed by atoms with van der Waals surface area (Å²) >= 11 is 0. The lowest BCUT2D eigenvalue weighted by Gasteiger charge is -2.17. The smallest absolute Gasteiger partial charge is 0.306 e. The first-order valence-corrected chi connectivity index (χ1v) is 10.9. The van der Waals surface area contributed by atoms with Gasteiger partial charge in [0.25, 0.3) is 0 Å². The fraction of sp³-hybridized carbons (Fsp3) is 0.955. The molecule has 0 aliphatic rings. The molecule has 24 heavy (non-hydrogen) atoms. The second kappa shape index (κ2) is 18.8. The highest BCUT2D eigenvalue weighted by atomic mass is 16.5. The first-order valence-electron chi connectivity index (χ1n) is 10.9. The number of rotatable bonds is 18. The van der Waals surface area contributed by atoms with Crippen molar-refractivity contribution < 1.29 is 9.53 Å². The monoisotopic (exact) mass is 340 g/mol. The number of ether oxygens (including phenoxy) is 1. The van der Waals surface area contributed by atoms with E-state index in [1.807, 2.05) is 0 Å². The molecular weight excluding hydrogens is 296 g/mol. The first kappa shape index (κ1) is 23.5. The minimum absolute atomic E-state index is 0.0320. The van der Waals surface area contributed by atoms with Crippen LogP contribution in [0.4, 0.5) is 0 Å². The van der Waals surface area contributed by atoms with E-state index in [0.717, 1.165) is 25.7 Å². The Balaban J connectivity index is 3.66. The van der Waals surface area contributed by atoms with Crippen molar-refractivity contribution in [2.45, 2.75) is 136 Å². The second-order valence-corrected chi connectivity index (χ2v) is 7.33. The molecule has 2 heteroatoms. The molecule has 0 fully saturated rings. The predicted octanol–water partition coefficient (Wildman–Crippen LogP) is 7.59. The molecule has 1 atom stereocenters. The van der Waals surface area contributed by atoms with Crippen molar-refractivity contribution >= 4 is 5.97 Å². The highest BCUT2D eigenvalue weighted by Crippen LogP contribution is 2.16. The van der Waals surface area contributed by atoms with Crippen molar-refractivity contribution in [1.82, 2.24) is 0 Å². The van der Waals surface area contributed by atoms with Crippen molar-refractivity contribution in [1.29, 1.82) is 0 Å². The Morgan fingerprint density at radius 3 is 1.67 bits per heavy atom. The van der Waals surface area contributed by atoms with E-state index in [1.54, 1.807) is 0 Å². The van der Waals surface area contributed by atoms with Gasteiger partial charge in [0.1, 0.15) is 6.10 Å². The van der Waals surface area contributed by atoms with E-state index in [2.05, 4.69) is 20.8 Å². The fourth-order valence-corrected chi connectivity index (χ4v) is 3.21. The van der Waals surface area contributed by atoms with Gasteiger partial charge in [-0.3, -0.25) is 4.79 Å². The summed E-state index contributed by atoms with van der Waals surface area (Å²) in [6.07, 6.45) is 20.6. The Kier molecular flexibility index (Phi) is 18.4. The molecule has 0 saturated carbocycles. The largest absolute Gasteiger partial charge is 0.462 e. The number of esters is 1. The van der Waals surface area contributed by atoms with Crippen LogP contribution in [0.25, 0.3) is 0 Å². The van der Waals surface area contributed by atoms with Gasteiger partial charge in [-0.2, -0.15) is 0 Å². The van der Waals surface area contributed by atoms with E-state index >= 15 is 0 Å². The van der Waals surface area contributed by atoms with E-state index in [9.17, 15) is 4.79 Å². The highest BCUT2D eigenvalue weighted by Gasteiger charge is 2.13. The lowest BCUT2D eigenvalue weighted by Crippen LogP contribution is -2.18. The molecule has 0 aliphatic carbocycles. The average Bonchev–Trinajstić information content (AvgIpc) is 2.57. The van der Waals surface area contributed by atoms with Gasteiger partial charge in [-0.25, -0.2) is 0 Å². The lowest BCUT2D eigenvalue weighted by atomic mass is 10.0. The van der Waals surface area contributed by atoms with Crippen LogP contribution >= 0.6 is 0 Å². The van der Waals surface area contributed by atoms with Gasteiger partial charge in [-0.15, -0.1) is 0 Å². The predicted molar refractivity (Wildman–Crippen MR) is 105 cm³/mol. The molecule has 1 unspecified atom stereocenters. The van der Waals surface area contributed by atoms with Crippen LogP contribution < -0.4 is 0 Å². The van der Waals surface area contributed by atoms with Crippen molar-refractivity contribution in [2.75, 3.05) is 0 Å². The van der Waals surface area contributed by atoms with Crippen LogP contribution in [0.1, 0.15) is 130 Å². The van der Waals surface area contributed by atoms with Gasteiger partial charge in [0.05, 0.1) is 0 Å². The summed E-state index contributed by atoms with van der Waals surface area (Å²) in [5.41, 5.74) is 0. The average molecular weight is 341 g/mol. The molecule has 0 rings (SSSR count). The maximum atomic E-state index is 12.0. The minimum Gasteiger partial charge on any atom is -0.462 e. The number of carbonyl (C=O) groups is 1. The van der Waals surface area contributed by atoms with Gasteiger partial charge in [-0.1, -0.05) is 97.8 Å². The van der Waals surface area contributed by atoms with Crippen LogP contribution in [0.3, 0.4) is 0 Å². The zero-order valence-electron chi connectivity index (χ0n) is 16.9. The van der Waals surface area contributed by atoms with E-state index in [-0.39, 0.29) is 12.1 Å². The van der Waals surface area contributed by atoms with Crippen molar-refractivity contribution in [3.8, 4) is 0 Å². The Bertz CT molecular complexity index is 263. The van der Waals surface area contributed by atoms with Crippen LogP contribution in [-0.2, 0) is 9.53 Å². The zero-order valence-corrected chi connectivity index (χ0v) is 16.9. The van der Waals surface area contributed by atoms with Crippen LogP contribution in [-0.4, -0.2) is 12.1 Å². The van der Waals surface area contributed by atoms with Gasteiger partial charge in [0.15, 0.2) is 0 Å². The molecule has 0 bridgehead atoms. The number of unbranched alkanes of at least 4 members (excludes halogenated alkanes) is 11. The Morgan fingerprint density at radius 1 is 0.625 bits per heavy atom. The zero-order chi connectivity index (χ0) is 17.9. The second-order valence-electron chi connectivity index (χ2n) is 7.33. The summed E-state index contributed by atoms with van der Waals surface area (Å²) in [4.78, 5) is 12.0. The standard InChI is InChI=1S/C22H44O2/c1-4-7-9-11-12-13-15-16-19-21(18-6-3)24-22(23)20-17-14-10-8-5-2/h21H,4-20H2,1-3H3. The van der Waals surface area contributed by atoms with Gasteiger partial charge >= 0.3 is 5.97 Å². The third kappa shape index (κ3) is 16.3. The van der Waals surface area contributed by atoms with E-state index in [0.29, 0.717) is 6.42 Å². The summed E-state index contributed by atoms with van der Waals surface area (Å²) in [5.74, 6) is 0.0320. The van der Waals surface area contributed by atoms with Crippen molar-refractivity contribution in [2.24, 2.45) is 0 Å². The number of hydrogen-bond acceptors (Lipinski definition) is 2. The van der Waals surface area contributed by atoms with E-state index in [1.165, 1.54) is 77.0 Å². The molecule has 0 spiro atoms. The van der Waals surface area contributed by atoms with Gasteiger partial charge in [-0.05, 0) is 25.7 Å². The third-order valence-corrected chi connectivity index (χ3v) is 4.77. The van der Waals surface area contributed by atoms with E-state index in [4.69, 9.17) is 4.74 Å². The number of carbonyl (C=O) groups excluding carboxylic acids is 1. The van der Waals surface area contributed by atoms with Crippen molar-refractivity contribution in [3.05, 3.63) is 0 Å². The van der Waals surface area contributed by atoms with Gasteiger partial charge in [0.2, 0.25) is 0 Å². The molecule has 0 aromatic rings. The van der Waals surface area contributed by atoms with Gasteiger partial charge in [0, 0.05) is 6.42 Å². The normalized spacial score (nSPS) is 12.3. The van der Waals surface area contributed by atoms with Crippen LogP contribution in [0.2, 0.25) is 0 Å². The Morgan fingerprint density at radius 2 is 1.12 bits per heavy atom. The quantitative estimate of drug-likeness (QED) is 0.190. The fourth-order valence-electron chi connectivity index (χ4n) is 3.21. The molecule has 144 valence electrons. The minimum atomic E-state index is 0.0320. The molecule has 0 saturated heterocycles. The van der Waals surface area contributed by atoms with Crippen LogP contribution in [0.15, 0.2) is 0 Å². The maximum Gasteiger partial charge on any atom is 0.306 e. The summed E-state index contributed by atoms with van der Waals surface area (Å²) in [5, 5.41) is 0. The topological polar surface area (TPSA) is 26.3 Å². The van der Waals surface area contributed by atoms with Crippen LogP contribution in [0, 0.1) is 0 Å².